The molecule has 0 N–H and O–H groups in total. The Morgan fingerprint density at radius 3 is 1.27 bits per heavy atom. The third-order valence-corrected chi connectivity index (χ3v) is 7.02. The molecule has 2 rings (SSSR count). The first kappa shape index (κ1) is 24.5. The van der Waals surface area contributed by atoms with E-state index in [1.165, 1.54) is 0 Å². The van der Waals surface area contributed by atoms with E-state index < -0.39 is 35.7 Å². The molecule has 2 aliphatic carbocycles. The molecule has 0 bridgehead atoms. The number of esters is 2. The first-order chi connectivity index (χ1) is 14.0. The molecule has 2 saturated carbocycles. The Kier molecular flexibility index (Phi) is 8.62. The van der Waals surface area contributed by atoms with E-state index in [0.717, 1.165) is 25.7 Å². The second kappa shape index (κ2) is 10.5. The molecular weight excluding hydrogens is 384 g/mol. The molecule has 2 fully saturated rings. The van der Waals surface area contributed by atoms with Crippen molar-refractivity contribution in [2.75, 3.05) is 0 Å². The summed E-state index contributed by atoms with van der Waals surface area (Å²) < 4.78 is 10.8. The number of rotatable bonds is 7. The monoisotopic (exact) mass is 422 g/mol. The minimum atomic E-state index is -1.43. The molecule has 170 valence electrons. The van der Waals surface area contributed by atoms with E-state index in [4.69, 9.17) is 9.47 Å². The van der Waals surface area contributed by atoms with Gasteiger partial charge in [0.1, 0.15) is 12.2 Å². The Balaban J connectivity index is 1.98. The third-order valence-electron chi connectivity index (χ3n) is 7.02. The molecule has 6 unspecified atom stereocenters. The molecule has 2 aliphatic rings. The molecule has 0 aromatic rings. The van der Waals surface area contributed by atoms with Gasteiger partial charge in [0.2, 0.25) is 0 Å². The van der Waals surface area contributed by atoms with Crippen LogP contribution >= 0.6 is 0 Å². The highest BCUT2D eigenvalue weighted by Crippen LogP contribution is 2.36. The smallest absolute Gasteiger partial charge is 0.383 e. The van der Waals surface area contributed by atoms with Gasteiger partial charge >= 0.3 is 23.5 Å². The van der Waals surface area contributed by atoms with Crippen molar-refractivity contribution in [2.24, 2.45) is 35.5 Å². The topological polar surface area (TPSA) is 86.7 Å². The quantitative estimate of drug-likeness (QED) is 0.348. The predicted molar refractivity (Wildman–Crippen MR) is 112 cm³/mol. The summed E-state index contributed by atoms with van der Waals surface area (Å²) in [5.74, 6) is -3.66. The van der Waals surface area contributed by atoms with Crippen molar-refractivity contribution in [1.82, 2.24) is 0 Å². The molecule has 0 heterocycles. The Hall–Kier alpha value is -1.72. The van der Waals surface area contributed by atoms with Crippen LogP contribution in [0.2, 0.25) is 0 Å². The van der Waals surface area contributed by atoms with Crippen LogP contribution in [0.5, 0.6) is 0 Å². The Morgan fingerprint density at radius 1 is 0.633 bits per heavy atom. The van der Waals surface area contributed by atoms with E-state index >= 15 is 0 Å². The van der Waals surface area contributed by atoms with Crippen LogP contribution in [0.1, 0.15) is 80.1 Å². The maximum absolute atomic E-state index is 12.3. The molecule has 6 heteroatoms. The lowest BCUT2D eigenvalue weighted by Crippen LogP contribution is -2.42. The van der Waals surface area contributed by atoms with Gasteiger partial charge < -0.3 is 9.47 Å². The lowest BCUT2D eigenvalue weighted by molar-refractivity contribution is -0.171. The van der Waals surface area contributed by atoms with Gasteiger partial charge in [-0.15, -0.1) is 0 Å². The van der Waals surface area contributed by atoms with E-state index in [1.807, 2.05) is 0 Å². The third kappa shape index (κ3) is 6.14. The minimum Gasteiger partial charge on any atom is -0.456 e. The van der Waals surface area contributed by atoms with E-state index in [-0.39, 0.29) is 11.8 Å². The van der Waals surface area contributed by atoms with Gasteiger partial charge in [-0.25, -0.2) is 9.59 Å². The summed E-state index contributed by atoms with van der Waals surface area (Å²) in [5, 5.41) is 0. The SMILES string of the molecule is CC1CCC(C(C)C)C(OC(=O)C(=O)C(=O)C(=O)OC2CC(C)CCC2C(C)C)C1. The van der Waals surface area contributed by atoms with Crippen molar-refractivity contribution in [3.8, 4) is 0 Å². The van der Waals surface area contributed by atoms with Crippen molar-refractivity contribution < 1.29 is 28.7 Å². The molecule has 6 atom stereocenters. The fourth-order valence-electron chi connectivity index (χ4n) is 5.07. The number of Topliss-reactive ketones (excluding diaryl/α,β-unsaturated/α-hetero) is 2. The summed E-state index contributed by atoms with van der Waals surface area (Å²) in [7, 11) is 0. The molecule has 0 aromatic heterocycles. The largest absolute Gasteiger partial charge is 0.456 e. The van der Waals surface area contributed by atoms with Gasteiger partial charge in [-0.05, 0) is 61.2 Å². The summed E-state index contributed by atoms with van der Waals surface area (Å²) in [4.78, 5) is 49.3. The molecular formula is C24H38O6. The van der Waals surface area contributed by atoms with E-state index in [1.54, 1.807) is 0 Å². The lowest BCUT2D eigenvalue weighted by atomic mass is 9.75. The van der Waals surface area contributed by atoms with Crippen LogP contribution in [0.25, 0.3) is 0 Å². The summed E-state index contributed by atoms with van der Waals surface area (Å²) in [6, 6.07) is 0. The first-order valence-corrected chi connectivity index (χ1v) is 11.5. The van der Waals surface area contributed by atoms with Crippen molar-refractivity contribution in [3.63, 3.8) is 0 Å². The van der Waals surface area contributed by atoms with Gasteiger partial charge in [0, 0.05) is 0 Å². The molecule has 0 radical (unpaired) electrons. The number of ether oxygens (including phenoxy) is 2. The molecule has 0 saturated heterocycles. The molecule has 0 aliphatic heterocycles. The van der Waals surface area contributed by atoms with Crippen LogP contribution < -0.4 is 0 Å². The normalized spacial score (nSPS) is 32.0. The molecule has 0 amide bonds. The number of hydrogen-bond acceptors (Lipinski definition) is 6. The highest BCUT2D eigenvalue weighted by molar-refractivity contribution is 6.76. The van der Waals surface area contributed by atoms with E-state index in [9.17, 15) is 19.2 Å². The van der Waals surface area contributed by atoms with Crippen molar-refractivity contribution in [3.05, 3.63) is 0 Å². The highest BCUT2D eigenvalue weighted by atomic mass is 16.6. The summed E-state index contributed by atoms with van der Waals surface area (Å²) in [6.07, 6.45) is 4.44. The zero-order valence-electron chi connectivity index (χ0n) is 19.3. The zero-order valence-corrected chi connectivity index (χ0v) is 19.3. The minimum absolute atomic E-state index is 0.149. The van der Waals surface area contributed by atoms with E-state index in [2.05, 4.69) is 41.5 Å². The van der Waals surface area contributed by atoms with E-state index in [0.29, 0.717) is 36.5 Å². The molecule has 0 spiro atoms. The van der Waals surface area contributed by atoms with Crippen molar-refractivity contribution >= 4 is 23.5 Å². The van der Waals surface area contributed by atoms with Gasteiger partial charge in [0.15, 0.2) is 0 Å². The Bertz CT molecular complexity index is 596. The van der Waals surface area contributed by atoms with Crippen molar-refractivity contribution in [2.45, 2.75) is 92.3 Å². The number of carbonyl (C=O) groups excluding carboxylic acids is 4. The maximum atomic E-state index is 12.3. The average molecular weight is 423 g/mol. The molecule has 0 aromatic carbocycles. The van der Waals surface area contributed by atoms with Gasteiger partial charge in [0.05, 0.1) is 0 Å². The number of carbonyl (C=O) groups is 4. The van der Waals surface area contributed by atoms with Gasteiger partial charge in [-0.3, -0.25) is 9.59 Å². The fourth-order valence-corrected chi connectivity index (χ4v) is 5.07. The van der Waals surface area contributed by atoms with Crippen LogP contribution in [0.3, 0.4) is 0 Å². The average Bonchev–Trinajstić information content (AvgIpc) is 2.66. The second-order valence-electron chi connectivity index (χ2n) is 10.2. The van der Waals surface area contributed by atoms with Crippen LogP contribution in [0, 0.1) is 35.5 Å². The van der Waals surface area contributed by atoms with Crippen LogP contribution in [-0.4, -0.2) is 35.7 Å². The van der Waals surface area contributed by atoms with Gasteiger partial charge in [-0.1, -0.05) is 54.4 Å². The number of hydrogen-bond donors (Lipinski definition) is 0. The number of ketones is 2. The first-order valence-electron chi connectivity index (χ1n) is 11.5. The Labute approximate surface area is 180 Å². The summed E-state index contributed by atoms with van der Waals surface area (Å²) >= 11 is 0. The fraction of sp³-hybridized carbons (Fsp3) is 0.833. The second-order valence-corrected chi connectivity index (χ2v) is 10.2. The highest BCUT2D eigenvalue weighted by Gasteiger charge is 2.40. The maximum Gasteiger partial charge on any atom is 0.383 e. The van der Waals surface area contributed by atoms with Crippen LogP contribution in [0.15, 0.2) is 0 Å². The lowest BCUT2D eigenvalue weighted by Gasteiger charge is -2.36. The van der Waals surface area contributed by atoms with Crippen LogP contribution in [0.4, 0.5) is 0 Å². The zero-order chi connectivity index (χ0) is 22.6. The standard InChI is InChI=1S/C24H38O6/c1-13(2)17-9-7-15(5)11-19(17)29-23(27)21(25)22(26)24(28)30-20-12-16(6)8-10-18(20)14(3)4/h13-20H,7-12H2,1-6H3. The van der Waals surface area contributed by atoms with Gasteiger partial charge in [-0.2, -0.15) is 0 Å². The Morgan fingerprint density at radius 2 is 0.967 bits per heavy atom. The van der Waals surface area contributed by atoms with Gasteiger partial charge in [0.25, 0.3) is 0 Å². The molecule has 6 nitrogen and oxygen atoms in total. The predicted octanol–water partition coefficient (Wildman–Crippen LogP) is 4.13. The molecule has 30 heavy (non-hydrogen) atoms. The van der Waals surface area contributed by atoms with Crippen molar-refractivity contribution in [1.29, 1.82) is 0 Å². The van der Waals surface area contributed by atoms with Crippen LogP contribution in [-0.2, 0) is 28.7 Å². The summed E-state index contributed by atoms with van der Waals surface area (Å²) in [5.41, 5.74) is 0. The summed E-state index contributed by atoms with van der Waals surface area (Å²) in [6.45, 7) is 12.4.